The van der Waals surface area contributed by atoms with Crippen LogP contribution in [0.4, 0.5) is 0 Å². The summed E-state index contributed by atoms with van der Waals surface area (Å²) in [5.41, 5.74) is 1.30. The van der Waals surface area contributed by atoms with Crippen LogP contribution in [0.5, 0.6) is 0 Å². The van der Waals surface area contributed by atoms with Gasteiger partial charge < -0.3 is 5.11 Å². The van der Waals surface area contributed by atoms with Crippen LogP contribution in [-0.4, -0.2) is 10.7 Å². The Kier molecular flexibility index (Phi) is 2.95. The van der Waals surface area contributed by atoms with E-state index in [1.165, 1.54) is 11.1 Å². The van der Waals surface area contributed by atoms with Gasteiger partial charge in [0.25, 0.3) is 0 Å². The molecule has 1 fully saturated rings. The largest absolute Gasteiger partial charge is 0.388 e. The molecule has 0 spiro atoms. The molecular formula is C18H23NO. The summed E-state index contributed by atoms with van der Waals surface area (Å²) in [5, 5.41) is 21.0. The van der Waals surface area contributed by atoms with E-state index >= 15 is 0 Å². The van der Waals surface area contributed by atoms with Gasteiger partial charge in [0.05, 0.1) is 17.1 Å². The zero-order valence-corrected chi connectivity index (χ0v) is 12.4. The fourth-order valence-electron chi connectivity index (χ4n) is 3.97. The van der Waals surface area contributed by atoms with Gasteiger partial charge in [-0.15, -0.1) is 0 Å². The highest BCUT2D eigenvalue weighted by molar-refractivity contribution is 5.38. The van der Waals surface area contributed by atoms with Gasteiger partial charge in [0.2, 0.25) is 0 Å². The number of fused-ring (bicyclic) bond motifs is 1. The molecule has 0 saturated heterocycles. The maximum absolute atomic E-state index is 11.2. The lowest BCUT2D eigenvalue weighted by Gasteiger charge is -2.47. The molecule has 0 aromatic heterocycles. The van der Waals surface area contributed by atoms with Crippen molar-refractivity contribution in [1.29, 1.82) is 5.26 Å². The summed E-state index contributed by atoms with van der Waals surface area (Å²) in [4.78, 5) is 0. The van der Waals surface area contributed by atoms with Crippen molar-refractivity contribution in [3.63, 3.8) is 0 Å². The molecule has 106 valence electrons. The third-order valence-electron chi connectivity index (χ3n) is 5.65. The third-order valence-corrected chi connectivity index (χ3v) is 5.65. The molecule has 0 radical (unpaired) electrons. The molecule has 1 aromatic carbocycles. The second kappa shape index (κ2) is 4.33. The van der Waals surface area contributed by atoms with E-state index in [9.17, 15) is 10.4 Å². The molecule has 2 heteroatoms. The van der Waals surface area contributed by atoms with E-state index in [0.717, 1.165) is 25.7 Å². The normalized spacial score (nSPS) is 25.7. The zero-order valence-electron chi connectivity index (χ0n) is 12.4. The Bertz CT molecular complexity index is 532. The van der Waals surface area contributed by atoms with Gasteiger partial charge >= 0.3 is 0 Å². The lowest BCUT2D eigenvalue weighted by Crippen LogP contribution is -2.51. The highest BCUT2D eigenvalue weighted by Crippen LogP contribution is 2.54. The molecule has 1 aromatic rings. The quantitative estimate of drug-likeness (QED) is 0.846. The van der Waals surface area contributed by atoms with Crippen molar-refractivity contribution in [2.24, 2.45) is 10.8 Å². The van der Waals surface area contributed by atoms with Gasteiger partial charge in [-0.2, -0.15) is 5.26 Å². The van der Waals surface area contributed by atoms with Crippen LogP contribution in [0.25, 0.3) is 0 Å². The number of hydrogen-bond acceptors (Lipinski definition) is 2. The van der Waals surface area contributed by atoms with Gasteiger partial charge in [-0.1, -0.05) is 38.1 Å². The molecule has 0 heterocycles. The van der Waals surface area contributed by atoms with Gasteiger partial charge in [-0.05, 0) is 42.2 Å². The van der Waals surface area contributed by atoms with E-state index in [2.05, 4.69) is 32.0 Å². The summed E-state index contributed by atoms with van der Waals surface area (Å²) >= 11 is 0. The molecule has 0 aliphatic heterocycles. The van der Waals surface area contributed by atoms with Crippen LogP contribution in [0.3, 0.4) is 0 Å². The molecule has 0 amide bonds. The molecule has 2 aliphatic carbocycles. The van der Waals surface area contributed by atoms with Gasteiger partial charge in [-0.25, -0.2) is 0 Å². The van der Waals surface area contributed by atoms with E-state index in [1.54, 1.807) is 0 Å². The number of aliphatic hydroxyl groups is 1. The van der Waals surface area contributed by atoms with Crippen molar-refractivity contribution in [1.82, 2.24) is 0 Å². The van der Waals surface area contributed by atoms with Gasteiger partial charge in [0.1, 0.15) is 0 Å². The Morgan fingerprint density at radius 2 is 1.50 bits per heavy atom. The van der Waals surface area contributed by atoms with E-state index in [4.69, 9.17) is 0 Å². The Morgan fingerprint density at radius 1 is 1.00 bits per heavy atom. The van der Waals surface area contributed by atoms with Crippen LogP contribution in [0, 0.1) is 22.2 Å². The average molecular weight is 269 g/mol. The second-order valence-corrected chi connectivity index (χ2v) is 7.51. The number of hydrogen-bond donors (Lipinski definition) is 1. The average Bonchev–Trinajstić information content (AvgIpc) is 2.77. The van der Waals surface area contributed by atoms with Crippen LogP contribution in [0.1, 0.15) is 50.7 Å². The van der Waals surface area contributed by atoms with Gasteiger partial charge in [-0.3, -0.25) is 0 Å². The minimum Gasteiger partial charge on any atom is -0.388 e. The molecule has 20 heavy (non-hydrogen) atoms. The predicted molar refractivity (Wildman–Crippen MR) is 79.1 cm³/mol. The van der Waals surface area contributed by atoms with Crippen LogP contribution < -0.4 is 0 Å². The fraction of sp³-hybridized carbons (Fsp3) is 0.611. The fourth-order valence-corrected chi connectivity index (χ4v) is 3.97. The smallest absolute Gasteiger partial charge is 0.0913 e. The number of benzene rings is 1. The van der Waals surface area contributed by atoms with Crippen molar-refractivity contribution in [2.75, 3.05) is 0 Å². The van der Waals surface area contributed by atoms with Crippen molar-refractivity contribution in [2.45, 2.75) is 58.0 Å². The molecule has 0 unspecified atom stereocenters. The van der Waals surface area contributed by atoms with Crippen LogP contribution in [0.2, 0.25) is 0 Å². The summed E-state index contributed by atoms with van der Waals surface area (Å²) in [6.45, 7) is 4.53. The summed E-state index contributed by atoms with van der Waals surface area (Å²) in [7, 11) is 0. The molecule has 0 bridgehead atoms. The molecule has 1 saturated carbocycles. The first-order chi connectivity index (χ1) is 9.40. The number of rotatable bonds is 1. The molecule has 0 atom stereocenters. The standard InChI is InChI=1S/C18H23NO/c1-16(2)7-9-17(13-19,10-8-16)18(20)11-14-5-3-4-6-15(14)12-18/h3-6,20H,7-12H2,1-2H3. The Hall–Kier alpha value is -1.33. The van der Waals surface area contributed by atoms with Crippen molar-refractivity contribution < 1.29 is 5.11 Å². The van der Waals surface area contributed by atoms with Gasteiger partial charge in [0.15, 0.2) is 0 Å². The highest BCUT2D eigenvalue weighted by atomic mass is 16.3. The molecule has 2 aliphatic rings. The first-order valence-electron chi connectivity index (χ1n) is 7.60. The maximum Gasteiger partial charge on any atom is 0.0913 e. The molecule has 2 nitrogen and oxygen atoms in total. The molecular weight excluding hydrogens is 246 g/mol. The molecule has 1 N–H and O–H groups in total. The Labute approximate surface area is 121 Å². The van der Waals surface area contributed by atoms with Gasteiger partial charge in [0, 0.05) is 12.8 Å². The summed E-state index contributed by atoms with van der Waals surface area (Å²) < 4.78 is 0. The first-order valence-corrected chi connectivity index (χ1v) is 7.60. The van der Waals surface area contributed by atoms with Crippen molar-refractivity contribution >= 4 is 0 Å². The second-order valence-electron chi connectivity index (χ2n) is 7.51. The maximum atomic E-state index is 11.2. The van der Waals surface area contributed by atoms with E-state index in [-0.39, 0.29) is 0 Å². The number of nitriles is 1. The lowest BCUT2D eigenvalue weighted by molar-refractivity contribution is -0.0775. The summed E-state index contributed by atoms with van der Waals surface area (Å²) in [5.74, 6) is 0. The number of nitrogens with zero attached hydrogens (tertiary/aromatic N) is 1. The van der Waals surface area contributed by atoms with Crippen LogP contribution in [-0.2, 0) is 12.8 Å². The monoisotopic (exact) mass is 269 g/mol. The Balaban J connectivity index is 1.91. The minimum atomic E-state index is -0.873. The van der Waals surface area contributed by atoms with E-state index < -0.39 is 11.0 Å². The van der Waals surface area contributed by atoms with Crippen molar-refractivity contribution in [3.8, 4) is 6.07 Å². The zero-order chi connectivity index (χ0) is 14.4. The summed E-state index contributed by atoms with van der Waals surface area (Å²) in [6, 6.07) is 10.7. The topological polar surface area (TPSA) is 44.0 Å². The van der Waals surface area contributed by atoms with Crippen LogP contribution >= 0.6 is 0 Å². The van der Waals surface area contributed by atoms with E-state index in [1.807, 2.05) is 12.1 Å². The first kappa shape index (κ1) is 13.6. The molecule has 3 rings (SSSR count). The Morgan fingerprint density at radius 3 is 1.95 bits per heavy atom. The highest BCUT2D eigenvalue weighted by Gasteiger charge is 2.55. The van der Waals surface area contributed by atoms with Crippen LogP contribution in [0.15, 0.2) is 24.3 Å². The third kappa shape index (κ3) is 1.96. The van der Waals surface area contributed by atoms with Crippen molar-refractivity contribution in [3.05, 3.63) is 35.4 Å². The van der Waals surface area contributed by atoms with E-state index in [0.29, 0.717) is 18.3 Å². The minimum absolute atomic E-state index is 0.308. The predicted octanol–water partition coefficient (Wildman–Crippen LogP) is 3.63. The lowest BCUT2D eigenvalue weighted by atomic mass is 9.58. The summed E-state index contributed by atoms with van der Waals surface area (Å²) in [6.07, 6.45) is 4.97. The SMILES string of the molecule is CC1(C)CCC(C#N)(C2(O)Cc3ccccc3C2)CC1.